The van der Waals surface area contributed by atoms with Gasteiger partial charge in [-0.1, -0.05) is 35.9 Å². The number of nitrogens with zero attached hydrogens (tertiary/aromatic N) is 1. The first-order chi connectivity index (χ1) is 13.4. The van der Waals surface area contributed by atoms with Gasteiger partial charge >= 0.3 is 0 Å². The van der Waals surface area contributed by atoms with Crippen molar-refractivity contribution in [2.45, 2.75) is 13.5 Å². The standard InChI is InChI=1S/C21H17F2N3O2/c1-13-4-2-5-14(8-13)10-25-20(27)15-9-16(12-24-11-15)21(28)26-19-17(22)6-3-7-18(19)23/h2-9,11-12H,10H2,1H3,(H,25,27)(H,26,28). The van der Waals surface area contributed by atoms with Crippen molar-refractivity contribution >= 4 is 17.5 Å². The summed E-state index contributed by atoms with van der Waals surface area (Å²) in [7, 11) is 0. The maximum absolute atomic E-state index is 13.7. The van der Waals surface area contributed by atoms with Gasteiger partial charge in [0.1, 0.15) is 17.3 Å². The molecule has 0 fully saturated rings. The second-order valence-corrected chi connectivity index (χ2v) is 6.18. The van der Waals surface area contributed by atoms with E-state index in [0.717, 1.165) is 23.3 Å². The Morgan fingerprint density at radius 1 is 0.929 bits per heavy atom. The number of benzene rings is 2. The van der Waals surface area contributed by atoms with Crippen LogP contribution in [0.25, 0.3) is 0 Å². The summed E-state index contributed by atoms with van der Waals surface area (Å²) in [6.45, 7) is 2.27. The maximum Gasteiger partial charge on any atom is 0.257 e. The van der Waals surface area contributed by atoms with Crippen LogP contribution in [0.2, 0.25) is 0 Å². The van der Waals surface area contributed by atoms with Crippen molar-refractivity contribution in [2.24, 2.45) is 0 Å². The van der Waals surface area contributed by atoms with E-state index >= 15 is 0 Å². The number of halogens is 2. The van der Waals surface area contributed by atoms with E-state index in [4.69, 9.17) is 0 Å². The molecule has 0 radical (unpaired) electrons. The summed E-state index contributed by atoms with van der Waals surface area (Å²) in [5, 5.41) is 4.91. The molecule has 3 rings (SSSR count). The van der Waals surface area contributed by atoms with E-state index in [1.165, 1.54) is 24.5 Å². The molecule has 0 bridgehead atoms. The minimum Gasteiger partial charge on any atom is -0.348 e. The summed E-state index contributed by atoms with van der Waals surface area (Å²) in [5.41, 5.74) is 1.62. The normalized spacial score (nSPS) is 10.4. The zero-order chi connectivity index (χ0) is 20.1. The molecule has 142 valence electrons. The second-order valence-electron chi connectivity index (χ2n) is 6.18. The fraction of sp³-hybridized carbons (Fsp3) is 0.0952. The first-order valence-corrected chi connectivity index (χ1v) is 8.48. The molecule has 0 aliphatic rings. The number of anilines is 1. The van der Waals surface area contributed by atoms with E-state index in [1.54, 1.807) is 0 Å². The molecule has 1 heterocycles. The van der Waals surface area contributed by atoms with Crippen LogP contribution in [0.5, 0.6) is 0 Å². The molecule has 2 N–H and O–H groups in total. The van der Waals surface area contributed by atoms with Crippen molar-refractivity contribution in [3.05, 3.63) is 94.8 Å². The minimum absolute atomic E-state index is 0.00542. The highest BCUT2D eigenvalue weighted by molar-refractivity contribution is 6.05. The molecule has 0 aliphatic heterocycles. The molecule has 28 heavy (non-hydrogen) atoms. The van der Waals surface area contributed by atoms with Gasteiger partial charge in [-0.3, -0.25) is 14.6 Å². The number of rotatable bonds is 5. The number of pyridine rings is 1. The lowest BCUT2D eigenvalue weighted by Gasteiger charge is -2.09. The van der Waals surface area contributed by atoms with Crippen LogP contribution in [0.3, 0.4) is 0 Å². The SMILES string of the molecule is Cc1cccc(CNC(=O)c2cncc(C(=O)Nc3c(F)cccc3F)c2)c1. The lowest BCUT2D eigenvalue weighted by molar-refractivity contribution is 0.0950. The van der Waals surface area contributed by atoms with Crippen molar-refractivity contribution in [3.63, 3.8) is 0 Å². The average molecular weight is 381 g/mol. The van der Waals surface area contributed by atoms with Gasteiger partial charge in [0.05, 0.1) is 11.1 Å². The van der Waals surface area contributed by atoms with E-state index in [1.807, 2.05) is 31.2 Å². The number of hydrogen-bond acceptors (Lipinski definition) is 3. The first kappa shape index (κ1) is 19.2. The van der Waals surface area contributed by atoms with Gasteiger partial charge in [-0.2, -0.15) is 0 Å². The Bertz CT molecular complexity index is 1020. The van der Waals surface area contributed by atoms with Gasteiger partial charge < -0.3 is 10.6 Å². The molecule has 0 saturated heterocycles. The second kappa shape index (κ2) is 8.39. The third-order valence-corrected chi connectivity index (χ3v) is 4.00. The van der Waals surface area contributed by atoms with Crippen LogP contribution in [0.1, 0.15) is 31.8 Å². The van der Waals surface area contributed by atoms with Crippen molar-refractivity contribution in [1.29, 1.82) is 0 Å². The van der Waals surface area contributed by atoms with Crippen LogP contribution < -0.4 is 10.6 Å². The first-order valence-electron chi connectivity index (χ1n) is 8.48. The van der Waals surface area contributed by atoms with Crippen molar-refractivity contribution in [2.75, 3.05) is 5.32 Å². The van der Waals surface area contributed by atoms with Crippen LogP contribution in [0.4, 0.5) is 14.5 Å². The lowest BCUT2D eigenvalue weighted by atomic mass is 10.1. The molecule has 0 aliphatic carbocycles. The maximum atomic E-state index is 13.7. The number of hydrogen-bond donors (Lipinski definition) is 2. The van der Waals surface area contributed by atoms with E-state index in [-0.39, 0.29) is 11.1 Å². The Hall–Kier alpha value is -3.61. The van der Waals surface area contributed by atoms with Gasteiger partial charge in [-0.05, 0) is 30.7 Å². The summed E-state index contributed by atoms with van der Waals surface area (Å²) in [5.74, 6) is -2.98. The number of aromatic nitrogens is 1. The van der Waals surface area contributed by atoms with Gasteiger partial charge in [0.15, 0.2) is 0 Å². The number of amides is 2. The fourth-order valence-corrected chi connectivity index (χ4v) is 2.60. The third kappa shape index (κ3) is 4.56. The predicted octanol–water partition coefficient (Wildman–Crippen LogP) is 3.85. The molecule has 2 amide bonds. The number of aryl methyl sites for hydroxylation is 1. The average Bonchev–Trinajstić information content (AvgIpc) is 2.69. The molecule has 0 atom stereocenters. The molecule has 5 nitrogen and oxygen atoms in total. The van der Waals surface area contributed by atoms with Crippen molar-refractivity contribution in [3.8, 4) is 0 Å². The molecule has 2 aromatic carbocycles. The van der Waals surface area contributed by atoms with E-state index < -0.39 is 29.1 Å². The molecule has 7 heteroatoms. The van der Waals surface area contributed by atoms with Gasteiger partial charge in [0.2, 0.25) is 0 Å². The number of carbonyl (C=O) groups is 2. The Kier molecular flexibility index (Phi) is 5.74. The van der Waals surface area contributed by atoms with Crippen LogP contribution in [-0.2, 0) is 6.54 Å². The van der Waals surface area contributed by atoms with Gasteiger partial charge in [-0.15, -0.1) is 0 Å². The molecule has 1 aromatic heterocycles. The van der Waals surface area contributed by atoms with Crippen LogP contribution in [0.15, 0.2) is 60.9 Å². The van der Waals surface area contributed by atoms with Crippen LogP contribution in [-0.4, -0.2) is 16.8 Å². The van der Waals surface area contributed by atoms with E-state index in [9.17, 15) is 18.4 Å². The summed E-state index contributed by atoms with van der Waals surface area (Å²) in [4.78, 5) is 28.5. The highest BCUT2D eigenvalue weighted by Gasteiger charge is 2.15. The minimum atomic E-state index is -0.895. The quantitative estimate of drug-likeness (QED) is 0.705. The van der Waals surface area contributed by atoms with Crippen LogP contribution >= 0.6 is 0 Å². The van der Waals surface area contributed by atoms with Crippen LogP contribution in [0, 0.1) is 18.6 Å². The number of para-hydroxylation sites is 1. The Morgan fingerprint density at radius 3 is 2.25 bits per heavy atom. The number of nitrogens with one attached hydrogen (secondary N) is 2. The zero-order valence-corrected chi connectivity index (χ0v) is 15.0. The predicted molar refractivity (Wildman–Crippen MR) is 101 cm³/mol. The lowest BCUT2D eigenvalue weighted by Crippen LogP contribution is -2.24. The van der Waals surface area contributed by atoms with Crippen molar-refractivity contribution in [1.82, 2.24) is 10.3 Å². The summed E-state index contributed by atoms with van der Waals surface area (Å²) < 4.78 is 27.4. The molecular weight excluding hydrogens is 364 g/mol. The summed E-state index contributed by atoms with van der Waals surface area (Å²) in [6.07, 6.45) is 2.53. The Morgan fingerprint density at radius 2 is 1.57 bits per heavy atom. The topological polar surface area (TPSA) is 71.1 Å². The van der Waals surface area contributed by atoms with E-state index in [0.29, 0.717) is 6.54 Å². The number of carbonyl (C=O) groups excluding carboxylic acids is 2. The molecule has 0 spiro atoms. The fourth-order valence-electron chi connectivity index (χ4n) is 2.60. The summed E-state index contributed by atoms with van der Waals surface area (Å²) in [6, 6.07) is 12.3. The monoisotopic (exact) mass is 381 g/mol. The third-order valence-electron chi connectivity index (χ3n) is 4.00. The molecule has 0 saturated carbocycles. The molecule has 3 aromatic rings. The highest BCUT2D eigenvalue weighted by Crippen LogP contribution is 2.19. The van der Waals surface area contributed by atoms with Crippen molar-refractivity contribution < 1.29 is 18.4 Å². The van der Waals surface area contributed by atoms with Gasteiger partial charge in [0, 0.05) is 18.9 Å². The Balaban J connectivity index is 1.70. The smallest absolute Gasteiger partial charge is 0.257 e. The van der Waals surface area contributed by atoms with Gasteiger partial charge in [-0.25, -0.2) is 8.78 Å². The van der Waals surface area contributed by atoms with Gasteiger partial charge in [0.25, 0.3) is 11.8 Å². The largest absolute Gasteiger partial charge is 0.348 e. The molecular formula is C21H17F2N3O2. The van der Waals surface area contributed by atoms with E-state index in [2.05, 4.69) is 15.6 Å². The zero-order valence-electron chi connectivity index (χ0n) is 15.0. The Labute approximate surface area is 160 Å². The summed E-state index contributed by atoms with van der Waals surface area (Å²) >= 11 is 0. The highest BCUT2D eigenvalue weighted by atomic mass is 19.1. The molecule has 0 unspecified atom stereocenters.